The molecular formula is C16H15N3O5S. The standard InChI is InChI=1S/C16H15N3O5S/c20-14(17-11-5-4-10(6-11)16(21)22)13-8-25-15(18-13)9-2-1-3-12(7-9)19(23)24/h1-3,7-8,10-11H,4-6H2,(H,17,20)(H,21,22)/t10-,11+/m1/s1. The molecule has 2 atom stereocenters. The Balaban J connectivity index is 1.69. The van der Waals surface area contributed by atoms with E-state index in [0.29, 0.717) is 29.8 Å². The van der Waals surface area contributed by atoms with Crippen molar-refractivity contribution in [3.63, 3.8) is 0 Å². The zero-order valence-electron chi connectivity index (χ0n) is 13.0. The molecule has 130 valence electrons. The van der Waals surface area contributed by atoms with Crippen LogP contribution in [-0.4, -0.2) is 32.9 Å². The van der Waals surface area contributed by atoms with Crippen LogP contribution in [0.5, 0.6) is 0 Å². The lowest BCUT2D eigenvalue weighted by Gasteiger charge is -2.10. The van der Waals surface area contributed by atoms with E-state index in [2.05, 4.69) is 10.3 Å². The minimum atomic E-state index is -0.835. The summed E-state index contributed by atoms with van der Waals surface area (Å²) >= 11 is 1.23. The Bertz CT molecular complexity index is 835. The van der Waals surface area contributed by atoms with Gasteiger partial charge in [0.05, 0.1) is 10.8 Å². The van der Waals surface area contributed by atoms with Crippen LogP contribution in [0.4, 0.5) is 5.69 Å². The molecular weight excluding hydrogens is 346 g/mol. The van der Waals surface area contributed by atoms with Gasteiger partial charge in [0.15, 0.2) is 0 Å². The number of thiazole rings is 1. The van der Waals surface area contributed by atoms with E-state index < -0.39 is 16.8 Å². The number of nitrogens with one attached hydrogen (secondary N) is 1. The van der Waals surface area contributed by atoms with E-state index in [-0.39, 0.29) is 23.3 Å². The molecule has 8 nitrogen and oxygen atoms in total. The molecule has 1 aromatic carbocycles. The number of aromatic nitrogens is 1. The lowest BCUT2D eigenvalue weighted by Crippen LogP contribution is -2.33. The Hall–Kier alpha value is -2.81. The number of amides is 1. The lowest BCUT2D eigenvalue weighted by molar-refractivity contribution is -0.384. The van der Waals surface area contributed by atoms with Gasteiger partial charge in [-0.3, -0.25) is 19.7 Å². The number of aliphatic carboxylic acids is 1. The van der Waals surface area contributed by atoms with Gasteiger partial charge in [0.2, 0.25) is 0 Å². The van der Waals surface area contributed by atoms with E-state index in [1.165, 1.54) is 23.5 Å². The number of hydrogen-bond donors (Lipinski definition) is 2. The number of non-ortho nitro benzene ring substituents is 1. The second-order valence-electron chi connectivity index (χ2n) is 5.86. The maximum absolute atomic E-state index is 12.3. The summed E-state index contributed by atoms with van der Waals surface area (Å²) in [7, 11) is 0. The molecule has 2 N–H and O–H groups in total. The van der Waals surface area contributed by atoms with Crippen LogP contribution in [0, 0.1) is 16.0 Å². The number of nitro benzene ring substituents is 1. The maximum atomic E-state index is 12.3. The third kappa shape index (κ3) is 3.82. The molecule has 0 saturated heterocycles. The topological polar surface area (TPSA) is 122 Å². The number of benzene rings is 1. The van der Waals surface area contributed by atoms with Gasteiger partial charge in [0.25, 0.3) is 11.6 Å². The molecule has 25 heavy (non-hydrogen) atoms. The van der Waals surface area contributed by atoms with Crippen molar-refractivity contribution in [2.75, 3.05) is 0 Å². The lowest BCUT2D eigenvalue weighted by atomic mass is 10.1. The van der Waals surface area contributed by atoms with Crippen molar-refractivity contribution in [1.29, 1.82) is 0 Å². The summed E-state index contributed by atoms with van der Waals surface area (Å²) in [5, 5.41) is 24.8. The molecule has 1 heterocycles. The van der Waals surface area contributed by atoms with Crippen LogP contribution in [-0.2, 0) is 4.79 Å². The number of carbonyl (C=O) groups is 2. The number of carboxylic acids is 1. The van der Waals surface area contributed by atoms with Gasteiger partial charge in [-0.2, -0.15) is 0 Å². The second kappa shape index (κ2) is 6.98. The predicted molar refractivity (Wildman–Crippen MR) is 90.4 cm³/mol. The number of rotatable bonds is 5. The average Bonchev–Trinajstić information content (AvgIpc) is 3.24. The Morgan fingerprint density at radius 1 is 1.36 bits per heavy atom. The molecule has 1 fully saturated rings. The predicted octanol–water partition coefficient (Wildman–Crippen LogP) is 2.70. The van der Waals surface area contributed by atoms with Gasteiger partial charge < -0.3 is 10.4 Å². The van der Waals surface area contributed by atoms with Crippen molar-refractivity contribution in [3.8, 4) is 10.6 Å². The summed E-state index contributed by atoms with van der Waals surface area (Å²) in [4.78, 5) is 37.9. The second-order valence-corrected chi connectivity index (χ2v) is 6.72. The first-order valence-corrected chi connectivity index (χ1v) is 8.56. The fourth-order valence-corrected chi connectivity index (χ4v) is 3.66. The van der Waals surface area contributed by atoms with Gasteiger partial charge in [-0.25, -0.2) is 4.98 Å². The molecule has 0 unspecified atom stereocenters. The first-order valence-electron chi connectivity index (χ1n) is 7.68. The minimum absolute atomic E-state index is 0.0376. The number of carbonyl (C=O) groups excluding carboxylic acids is 1. The Morgan fingerprint density at radius 2 is 2.16 bits per heavy atom. The van der Waals surface area contributed by atoms with Crippen LogP contribution < -0.4 is 5.32 Å². The quantitative estimate of drug-likeness (QED) is 0.623. The Kier molecular flexibility index (Phi) is 4.75. The molecule has 1 aromatic heterocycles. The number of hydrogen-bond acceptors (Lipinski definition) is 6. The van der Waals surface area contributed by atoms with Gasteiger partial charge in [-0.1, -0.05) is 12.1 Å². The van der Waals surface area contributed by atoms with Gasteiger partial charge in [-0.05, 0) is 19.3 Å². The zero-order chi connectivity index (χ0) is 18.0. The van der Waals surface area contributed by atoms with Crippen LogP contribution in [0.15, 0.2) is 29.6 Å². The Labute approximate surface area is 146 Å². The molecule has 1 amide bonds. The van der Waals surface area contributed by atoms with Gasteiger partial charge in [-0.15, -0.1) is 11.3 Å². The summed E-state index contributed by atoms with van der Waals surface area (Å²) in [5.41, 5.74) is 0.764. The van der Waals surface area contributed by atoms with Crippen LogP contribution in [0.1, 0.15) is 29.8 Å². The SMILES string of the molecule is O=C(N[C@H]1CC[C@@H](C(=O)O)C1)c1csc(-c2cccc([N+](=O)[O-])c2)n1. The molecule has 0 bridgehead atoms. The summed E-state index contributed by atoms with van der Waals surface area (Å²) in [6, 6.07) is 5.90. The van der Waals surface area contributed by atoms with Gasteiger partial charge >= 0.3 is 5.97 Å². The zero-order valence-corrected chi connectivity index (χ0v) is 13.9. The molecule has 0 radical (unpaired) electrons. The number of nitrogens with zero attached hydrogens (tertiary/aromatic N) is 2. The molecule has 0 spiro atoms. The fraction of sp³-hybridized carbons (Fsp3) is 0.312. The van der Waals surface area contributed by atoms with Crippen LogP contribution in [0.3, 0.4) is 0 Å². The van der Waals surface area contributed by atoms with Crippen molar-refractivity contribution in [2.24, 2.45) is 5.92 Å². The number of nitro groups is 1. The number of carboxylic acid groups (broad SMARTS) is 1. The minimum Gasteiger partial charge on any atom is -0.481 e. The van der Waals surface area contributed by atoms with Crippen molar-refractivity contribution in [2.45, 2.75) is 25.3 Å². The molecule has 2 aromatic rings. The van der Waals surface area contributed by atoms with Crippen LogP contribution in [0.2, 0.25) is 0 Å². The highest BCUT2D eigenvalue weighted by atomic mass is 32.1. The van der Waals surface area contributed by atoms with Gasteiger partial charge in [0, 0.05) is 29.1 Å². The van der Waals surface area contributed by atoms with E-state index in [4.69, 9.17) is 5.11 Å². The maximum Gasteiger partial charge on any atom is 0.306 e. The van der Waals surface area contributed by atoms with Crippen LogP contribution >= 0.6 is 11.3 Å². The summed E-state index contributed by atoms with van der Waals surface area (Å²) < 4.78 is 0. The van der Waals surface area contributed by atoms with Crippen LogP contribution in [0.25, 0.3) is 10.6 Å². The molecule has 9 heteroatoms. The first-order chi connectivity index (χ1) is 11.9. The highest BCUT2D eigenvalue weighted by Gasteiger charge is 2.31. The van der Waals surface area contributed by atoms with Gasteiger partial charge in [0.1, 0.15) is 10.7 Å². The third-order valence-corrected chi connectivity index (χ3v) is 5.05. The van der Waals surface area contributed by atoms with E-state index in [0.717, 1.165) is 0 Å². The van der Waals surface area contributed by atoms with E-state index in [1.54, 1.807) is 17.5 Å². The van der Waals surface area contributed by atoms with E-state index in [1.807, 2.05) is 0 Å². The highest BCUT2D eigenvalue weighted by Crippen LogP contribution is 2.28. The smallest absolute Gasteiger partial charge is 0.306 e. The summed E-state index contributed by atoms with van der Waals surface area (Å²) in [5.74, 6) is -1.61. The average molecular weight is 361 g/mol. The molecule has 1 aliphatic rings. The van der Waals surface area contributed by atoms with Crippen molar-refractivity contribution >= 4 is 28.9 Å². The highest BCUT2D eigenvalue weighted by molar-refractivity contribution is 7.13. The third-order valence-electron chi connectivity index (χ3n) is 4.16. The molecule has 1 saturated carbocycles. The van der Waals surface area contributed by atoms with E-state index >= 15 is 0 Å². The van der Waals surface area contributed by atoms with Crippen molar-refractivity contribution in [3.05, 3.63) is 45.5 Å². The van der Waals surface area contributed by atoms with Crippen molar-refractivity contribution < 1.29 is 19.6 Å². The normalized spacial score (nSPS) is 19.5. The summed E-state index contributed by atoms with van der Waals surface area (Å²) in [6.45, 7) is 0. The largest absolute Gasteiger partial charge is 0.481 e. The first kappa shape index (κ1) is 17.0. The monoisotopic (exact) mass is 361 g/mol. The van der Waals surface area contributed by atoms with E-state index in [9.17, 15) is 19.7 Å². The molecule has 3 rings (SSSR count). The fourth-order valence-electron chi connectivity index (χ4n) is 2.86. The molecule has 1 aliphatic carbocycles. The molecule has 0 aliphatic heterocycles. The summed E-state index contributed by atoms with van der Waals surface area (Å²) in [6.07, 6.45) is 1.60. The Morgan fingerprint density at radius 3 is 2.84 bits per heavy atom. The van der Waals surface area contributed by atoms with Crippen molar-refractivity contribution in [1.82, 2.24) is 10.3 Å².